The molecule has 2 aromatic rings. The summed E-state index contributed by atoms with van der Waals surface area (Å²) in [4.78, 5) is 29.9. The molecule has 1 aliphatic heterocycles. The van der Waals surface area contributed by atoms with E-state index in [2.05, 4.69) is 10.0 Å². The SMILES string of the molecule is COC(CC(C[C@H](N=[N+]=[N-])C(=O)N1C(=O)OCC1Cc1ccccc1)c1ccccc1)OC. The van der Waals surface area contributed by atoms with Crippen LogP contribution in [0.3, 0.4) is 0 Å². The van der Waals surface area contributed by atoms with Gasteiger partial charge in [-0.05, 0) is 35.4 Å². The Morgan fingerprint density at radius 1 is 1.12 bits per heavy atom. The van der Waals surface area contributed by atoms with Gasteiger partial charge in [-0.15, -0.1) is 0 Å². The molecule has 174 valence electrons. The lowest BCUT2D eigenvalue weighted by Gasteiger charge is -2.27. The third-order valence-electron chi connectivity index (χ3n) is 5.77. The van der Waals surface area contributed by atoms with Crippen LogP contribution in [0.5, 0.6) is 0 Å². The largest absolute Gasteiger partial charge is 0.447 e. The number of ether oxygens (including phenoxy) is 3. The Labute approximate surface area is 192 Å². The van der Waals surface area contributed by atoms with E-state index in [1.807, 2.05) is 60.7 Å². The first-order valence-electron chi connectivity index (χ1n) is 10.8. The Kier molecular flexibility index (Phi) is 8.83. The number of azide groups is 1. The summed E-state index contributed by atoms with van der Waals surface area (Å²) in [5.41, 5.74) is 11.1. The molecule has 0 spiro atoms. The number of carbonyl (C=O) groups excluding carboxylic acids is 2. The first kappa shape index (κ1) is 24.3. The maximum atomic E-state index is 13.4. The van der Waals surface area contributed by atoms with Gasteiger partial charge in [0.15, 0.2) is 6.29 Å². The summed E-state index contributed by atoms with van der Waals surface area (Å²) < 4.78 is 15.9. The summed E-state index contributed by atoms with van der Waals surface area (Å²) in [6, 6.07) is 17.6. The molecule has 1 saturated heterocycles. The number of cyclic esters (lactones) is 1. The normalized spacial score (nSPS) is 17.4. The van der Waals surface area contributed by atoms with Crippen molar-refractivity contribution in [2.24, 2.45) is 5.11 Å². The summed E-state index contributed by atoms with van der Waals surface area (Å²) >= 11 is 0. The van der Waals surface area contributed by atoms with Crippen molar-refractivity contribution in [3.63, 3.8) is 0 Å². The van der Waals surface area contributed by atoms with Crippen molar-refractivity contribution in [3.8, 4) is 0 Å². The number of rotatable bonds is 11. The van der Waals surface area contributed by atoms with Crippen molar-refractivity contribution in [1.82, 2.24) is 4.90 Å². The van der Waals surface area contributed by atoms with E-state index < -0.39 is 30.4 Å². The van der Waals surface area contributed by atoms with Gasteiger partial charge in [0.05, 0.1) is 6.04 Å². The van der Waals surface area contributed by atoms with Crippen LogP contribution in [-0.2, 0) is 25.4 Å². The second kappa shape index (κ2) is 12.0. The van der Waals surface area contributed by atoms with Crippen molar-refractivity contribution < 1.29 is 23.8 Å². The van der Waals surface area contributed by atoms with Gasteiger partial charge < -0.3 is 14.2 Å². The average molecular weight is 453 g/mol. The van der Waals surface area contributed by atoms with E-state index in [0.717, 1.165) is 16.0 Å². The minimum atomic E-state index is -1.08. The molecule has 9 heteroatoms. The molecular weight excluding hydrogens is 424 g/mol. The molecule has 1 heterocycles. The molecule has 1 aliphatic rings. The number of hydrogen-bond donors (Lipinski definition) is 0. The number of carbonyl (C=O) groups is 2. The van der Waals surface area contributed by atoms with Gasteiger partial charge in [0, 0.05) is 25.6 Å². The topological polar surface area (TPSA) is 114 Å². The fraction of sp³-hybridized carbons (Fsp3) is 0.417. The Hall–Kier alpha value is -3.39. The van der Waals surface area contributed by atoms with Crippen molar-refractivity contribution in [3.05, 3.63) is 82.2 Å². The van der Waals surface area contributed by atoms with Crippen LogP contribution < -0.4 is 0 Å². The van der Waals surface area contributed by atoms with Crippen LogP contribution in [-0.4, -0.2) is 56.1 Å². The molecule has 2 amide bonds. The minimum absolute atomic E-state index is 0.0972. The fourth-order valence-electron chi connectivity index (χ4n) is 4.07. The zero-order valence-electron chi connectivity index (χ0n) is 18.7. The quantitative estimate of drug-likeness (QED) is 0.216. The van der Waals surface area contributed by atoms with Crippen LogP contribution in [0.1, 0.15) is 29.9 Å². The second-order valence-electron chi connectivity index (χ2n) is 7.83. The van der Waals surface area contributed by atoms with E-state index in [0.29, 0.717) is 12.8 Å². The van der Waals surface area contributed by atoms with Crippen molar-refractivity contribution in [2.75, 3.05) is 20.8 Å². The molecule has 33 heavy (non-hydrogen) atoms. The van der Waals surface area contributed by atoms with Gasteiger partial charge in [0.2, 0.25) is 5.91 Å². The molecule has 0 aromatic heterocycles. The lowest BCUT2D eigenvalue weighted by molar-refractivity contribution is -0.131. The van der Waals surface area contributed by atoms with Crippen molar-refractivity contribution in [2.45, 2.75) is 43.6 Å². The zero-order valence-corrected chi connectivity index (χ0v) is 18.7. The molecule has 2 unspecified atom stereocenters. The molecule has 1 fully saturated rings. The second-order valence-corrected chi connectivity index (χ2v) is 7.83. The minimum Gasteiger partial charge on any atom is -0.447 e. The molecular formula is C24H28N4O5. The van der Waals surface area contributed by atoms with Crippen LogP contribution in [0, 0.1) is 0 Å². The van der Waals surface area contributed by atoms with Gasteiger partial charge in [-0.3, -0.25) is 4.79 Å². The number of methoxy groups -OCH3 is 2. The van der Waals surface area contributed by atoms with Crippen molar-refractivity contribution >= 4 is 12.0 Å². The predicted molar refractivity (Wildman–Crippen MR) is 121 cm³/mol. The van der Waals surface area contributed by atoms with E-state index in [-0.39, 0.29) is 18.9 Å². The molecule has 3 rings (SSSR count). The Morgan fingerprint density at radius 3 is 2.36 bits per heavy atom. The molecule has 0 N–H and O–H groups in total. The number of nitrogens with zero attached hydrogens (tertiary/aromatic N) is 4. The summed E-state index contributed by atoms with van der Waals surface area (Å²) in [5, 5.41) is 3.77. The lowest BCUT2D eigenvalue weighted by atomic mass is 9.88. The predicted octanol–water partition coefficient (Wildman–Crippen LogP) is 4.44. The summed E-state index contributed by atoms with van der Waals surface area (Å²) in [6.07, 6.45) is -0.127. The first-order valence-corrected chi connectivity index (χ1v) is 10.8. The molecule has 0 aliphatic carbocycles. The smallest absolute Gasteiger partial charge is 0.416 e. The van der Waals surface area contributed by atoms with Gasteiger partial charge in [-0.25, -0.2) is 9.69 Å². The van der Waals surface area contributed by atoms with E-state index in [1.54, 1.807) is 14.2 Å². The van der Waals surface area contributed by atoms with Gasteiger partial charge >= 0.3 is 6.09 Å². The van der Waals surface area contributed by atoms with Crippen molar-refractivity contribution in [1.29, 1.82) is 0 Å². The Bertz CT molecular complexity index is 961. The molecule has 9 nitrogen and oxygen atoms in total. The molecule has 2 aromatic carbocycles. The van der Waals surface area contributed by atoms with E-state index in [9.17, 15) is 15.1 Å². The highest BCUT2D eigenvalue weighted by Crippen LogP contribution is 2.30. The number of hydrogen-bond acceptors (Lipinski definition) is 6. The Balaban J connectivity index is 1.83. The maximum Gasteiger partial charge on any atom is 0.416 e. The summed E-state index contributed by atoms with van der Waals surface area (Å²) in [5.74, 6) is -0.773. The van der Waals surface area contributed by atoms with Crippen LogP contribution in [0.25, 0.3) is 10.4 Å². The maximum absolute atomic E-state index is 13.4. The van der Waals surface area contributed by atoms with Gasteiger partial charge in [0.1, 0.15) is 12.6 Å². The number of imide groups is 1. The van der Waals surface area contributed by atoms with E-state index in [1.165, 1.54) is 0 Å². The summed E-state index contributed by atoms with van der Waals surface area (Å²) in [7, 11) is 3.08. The number of benzene rings is 2. The third-order valence-corrected chi connectivity index (χ3v) is 5.77. The van der Waals surface area contributed by atoms with Gasteiger partial charge in [0.25, 0.3) is 0 Å². The Morgan fingerprint density at radius 2 is 1.76 bits per heavy atom. The van der Waals surface area contributed by atoms with Crippen LogP contribution in [0.15, 0.2) is 65.8 Å². The first-order chi connectivity index (χ1) is 16.1. The van der Waals surface area contributed by atoms with Gasteiger partial charge in [-0.2, -0.15) is 0 Å². The number of amides is 2. The van der Waals surface area contributed by atoms with Crippen LogP contribution in [0.4, 0.5) is 4.79 Å². The van der Waals surface area contributed by atoms with Crippen LogP contribution >= 0.6 is 0 Å². The standard InChI is InChI=1S/C24H28N4O5/c1-31-22(32-2)15-19(18-11-7-4-8-12-18)14-21(26-27-25)23(29)28-20(16-33-24(28)30)13-17-9-5-3-6-10-17/h3-12,19-22H,13-16H2,1-2H3/t19?,20?,21-/m0/s1. The van der Waals surface area contributed by atoms with E-state index >= 15 is 0 Å². The monoisotopic (exact) mass is 452 g/mol. The zero-order chi connectivity index (χ0) is 23.6. The van der Waals surface area contributed by atoms with E-state index in [4.69, 9.17) is 14.2 Å². The van der Waals surface area contributed by atoms with Crippen LogP contribution in [0.2, 0.25) is 0 Å². The highest BCUT2D eigenvalue weighted by Gasteiger charge is 2.41. The molecule has 0 saturated carbocycles. The highest BCUT2D eigenvalue weighted by atomic mass is 16.7. The summed E-state index contributed by atoms with van der Waals surface area (Å²) in [6.45, 7) is 0.0972. The molecule has 0 bridgehead atoms. The lowest BCUT2D eigenvalue weighted by Crippen LogP contribution is -2.45. The molecule has 3 atom stereocenters. The average Bonchev–Trinajstić information content (AvgIpc) is 3.21. The molecule has 0 radical (unpaired) electrons. The third kappa shape index (κ3) is 6.32. The van der Waals surface area contributed by atoms with Gasteiger partial charge in [-0.1, -0.05) is 65.8 Å². The fourth-order valence-corrected chi connectivity index (χ4v) is 4.07. The highest BCUT2D eigenvalue weighted by molar-refractivity contribution is 5.96.